The highest BCUT2D eigenvalue weighted by molar-refractivity contribution is 7.13. The lowest BCUT2D eigenvalue weighted by molar-refractivity contribution is -0.122. The quantitative estimate of drug-likeness (QED) is 0.183. The maximum absolute atomic E-state index is 12.5. The van der Waals surface area contributed by atoms with Crippen LogP contribution in [0.15, 0.2) is 83.7 Å². The Hall–Kier alpha value is -4.63. The van der Waals surface area contributed by atoms with Crippen LogP contribution in [0.5, 0.6) is 0 Å². The van der Waals surface area contributed by atoms with E-state index in [1.807, 2.05) is 30.7 Å². The number of thiophene rings is 1. The number of aliphatic imine (C=N–C) groups is 1. The van der Waals surface area contributed by atoms with Crippen LogP contribution in [0.2, 0.25) is 0 Å². The molecule has 0 atom stereocenters. The molecule has 3 aliphatic heterocycles. The molecule has 8 nitrogen and oxygen atoms in total. The fraction of sp³-hybridized carbons (Fsp3) is 0.167. The van der Waals surface area contributed by atoms with Crippen LogP contribution < -0.4 is 10.6 Å². The summed E-state index contributed by atoms with van der Waals surface area (Å²) in [5.41, 5.74) is 8.40. The molecule has 5 N–H and O–H groups in total. The van der Waals surface area contributed by atoms with Gasteiger partial charge in [-0.2, -0.15) is 0 Å². The molecule has 7 rings (SSSR count). The Morgan fingerprint density at radius 1 is 1.00 bits per heavy atom. The van der Waals surface area contributed by atoms with E-state index in [2.05, 4.69) is 72.3 Å². The third-order valence-electron chi connectivity index (χ3n) is 7.36. The zero-order valence-electron chi connectivity index (χ0n) is 21.1. The summed E-state index contributed by atoms with van der Waals surface area (Å²) >= 11 is 1.71. The van der Waals surface area contributed by atoms with Crippen LogP contribution in [0.1, 0.15) is 30.5 Å². The molecular formula is C30H27N7OS. The molecule has 1 saturated carbocycles. The maximum atomic E-state index is 12.5. The van der Waals surface area contributed by atoms with Gasteiger partial charge < -0.3 is 25.6 Å². The number of benzene rings is 1. The lowest BCUT2D eigenvalue weighted by Crippen LogP contribution is -2.28. The lowest BCUT2D eigenvalue weighted by atomic mass is 9.85. The number of rotatable bonds is 5. The van der Waals surface area contributed by atoms with E-state index in [4.69, 9.17) is 4.99 Å². The fourth-order valence-corrected chi connectivity index (χ4v) is 5.83. The smallest absolute Gasteiger partial charge is 0.227 e. The van der Waals surface area contributed by atoms with Crippen molar-refractivity contribution in [1.29, 1.82) is 0 Å². The van der Waals surface area contributed by atoms with Crippen LogP contribution in [-0.2, 0) is 4.79 Å². The molecule has 194 valence electrons. The van der Waals surface area contributed by atoms with Gasteiger partial charge in [-0.1, -0.05) is 18.6 Å². The van der Waals surface area contributed by atoms with Gasteiger partial charge in [0.15, 0.2) is 0 Å². The van der Waals surface area contributed by atoms with Gasteiger partial charge in [-0.25, -0.2) is 0 Å². The number of carbonyl (C=O) groups excluding carboxylic acids is 1. The Kier molecular flexibility index (Phi) is 5.97. The largest absolute Gasteiger partial charge is 0.366 e. The van der Waals surface area contributed by atoms with Crippen LogP contribution in [-0.4, -0.2) is 38.2 Å². The number of hydrogen-bond acceptors (Lipinski definition) is 5. The number of nitrogens with one attached hydrogen (secondary N) is 5. The number of hydrogen-bond donors (Lipinski definition) is 5. The summed E-state index contributed by atoms with van der Waals surface area (Å²) in [6.45, 7) is 0.491. The summed E-state index contributed by atoms with van der Waals surface area (Å²) in [7, 11) is 0. The third-order valence-corrected chi connectivity index (χ3v) is 8.27. The predicted molar refractivity (Wildman–Crippen MR) is 156 cm³/mol. The van der Waals surface area contributed by atoms with Crippen molar-refractivity contribution in [2.75, 3.05) is 17.3 Å². The predicted octanol–water partition coefficient (Wildman–Crippen LogP) is 6.27. The molecule has 1 fully saturated rings. The van der Waals surface area contributed by atoms with E-state index in [-0.39, 0.29) is 11.8 Å². The minimum absolute atomic E-state index is 0.0831. The molecule has 4 aliphatic rings. The van der Waals surface area contributed by atoms with Crippen LogP contribution in [0.25, 0.3) is 21.6 Å². The van der Waals surface area contributed by atoms with Crippen molar-refractivity contribution in [2.24, 2.45) is 10.9 Å². The highest BCUT2D eigenvalue weighted by Crippen LogP contribution is 2.31. The molecule has 3 aromatic rings. The van der Waals surface area contributed by atoms with Gasteiger partial charge in [0.2, 0.25) is 5.91 Å². The minimum atomic E-state index is 0.0831. The molecule has 0 bridgehead atoms. The number of aromatic amines is 3. The van der Waals surface area contributed by atoms with Crippen molar-refractivity contribution in [2.45, 2.75) is 19.3 Å². The van der Waals surface area contributed by atoms with Gasteiger partial charge in [-0.3, -0.25) is 14.8 Å². The van der Waals surface area contributed by atoms with Gasteiger partial charge in [0.1, 0.15) is 12.1 Å². The van der Waals surface area contributed by atoms with E-state index in [9.17, 15) is 4.79 Å². The van der Waals surface area contributed by atoms with Crippen molar-refractivity contribution in [3.63, 3.8) is 0 Å². The van der Waals surface area contributed by atoms with Gasteiger partial charge in [0.25, 0.3) is 0 Å². The first kappa shape index (κ1) is 23.5. The first-order chi connectivity index (χ1) is 19.2. The van der Waals surface area contributed by atoms with Gasteiger partial charge in [-0.05, 0) is 60.2 Å². The monoisotopic (exact) mass is 533 g/mol. The van der Waals surface area contributed by atoms with E-state index >= 15 is 0 Å². The normalized spacial score (nSPS) is 14.6. The van der Waals surface area contributed by atoms with E-state index in [0.29, 0.717) is 6.67 Å². The summed E-state index contributed by atoms with van der Waals surface area (Å²) in [4.78, 5) is 33.3. The number of anilines is 2. The molecule has 1 amide bonds. The Labute approximate surface area is 228 Å². The first-order valence-electron chi connectivity index (χ1n) is 13.1. The molecule has 5 heterocycles. The second-order valence-corrected chi connectivity index (χ2v) is 10.8. The van der Waals surface area contributed by atoms with E-state index in [1.54, 1.807) is 17.5 Å². The second kappa shape index (κ2) is 9.92. The molecule has 1 aliphatic carbocycles. The molecular weight excluding hydrogens is 506 g/mol. The maximum Gasteiger partial charge on any atom is 0.227 e. The number of fused-ring (bicyclic) bond motifs is 1. The number of nitrogens with zero attached hydrogens (tertiary/aromatic N) is 2. The van der Waals surface area contributed by atoms with Crippen LogP contribution >= 0.6 is 11.3 Å². The standard InChI is InChI=1S/C30H27N7OS/c38-30(18-4-1-5-18)36-21-12-20(14-31-15-21)19-8-9-24-23(13-19)27(35-17-34-24)25-16-33-28-22(26-7-3-11-39-26)6-2-10-32-29(28)37-25/h2-3,6-16,18,32-34,37H,1,4-5,17H2,(H,36,38). The van der Waals surface area contributed by atoms with Gasteiger partial charge in [0.05, 0.1) is 28.6 Å². The van der Waals surface area contributed by atoms with E-state index < -0.39 is 0 Å². The van der Waals surface area contributed by atoms with Gasteiger partial charge in [-0.15, -0.1) is 11.3 Å². The summed E-state index contributed by atoms with van der Waals surface area (Å²) in [5, 5.41) is 9.49. The van der Waals surface area contributed by atoms with Crippen LogP contribution in [0, 0.1) is 16.7 Å². The Bertz CT molecular complexity index is 1810. The molecule has 0 saturated heterocycles. The van der Waals surface area contributed by atoms with Crippen molar-refractivity contribution in [3.05, 3.63) is 101 Å². The van der Waals surface area contributed by atoms with E-state index in [1.165, 1.54) is 4.88 Å². The van der Waals surface area contributed by atoms with Gasteiger partial charge in [0, 0.05) is 51.8 Å². The average Bonchev–Trinajstić information content (AvgIpc) is 3.38. The zero-order chi connectivity index (χ0) is 26.2. The molecule has 39 heavy (non-hydrogen) atoms. The fourth-order valence-electron chi connectivity index (χ4n) is 5.07. The van der Waals surface area contributed by atoms with Crippen molar-refractivity contribution in [3.8, 4) is 21.6 Å². The summed E-state index contributed by atoms with van der Waals surface area (Å²) in [6, 6.07) is 16.6. The van der Waals surface area contributed by atoms with Crippen LogP contribution in [0.3, 0.4) is 0 Å². The van der Waals surface area contributed by atoms with E-state index in [0.717, 1.165) is 75.1 Å². The molecule has 0 spiro atoms. The van der Waals surface area contributed by atoms with Crippen LogP contribution in [0.4, 0.5) is 11.4 Å². The molecule has 9 heteroatoms. The van der Waals surface area contributed by atoms with Crippen molar-refractivity contribution < 1.29 is 4.79 Å². The number of H-pyrrole nitrogens is 3. The molecule has 0 radical (unpaired) electrons. The summed E-state index contributed by atoms with van der Waals surface area (Å²) in [6.07, 6.45) is 10.5. The molecule has 1 aromatic carbocycles. The average molecular weight is 534 g/mol. The minimum Gasteiger partial charge on any atom is -0.366 e. The van der Waals surface area contributed by atoms with Crippen molar-refractivity contribution >= 4 is 34.3 Å². The zero-order valence-corrected chi connectivity index (χ0v) is 21.9. The molecule has 2 aromatic heterocycles. The highest BCUT2D eigenvalue weighted by Gasteiger charge is 2.25. The number of aromatic nitrogens is 4. The van der Waals surface area contributed by atoms with Gasteiger partial charge >= 0.3 is 0 Å². The lowest BCUT2D eigenvalue weighted by Gasteiger charge is -2.24. The number of amides is 1. The number of carbonyl (C=O) groups is 1. The SMILES string of the molecule is O=C(Nc1cncc(-c2ccc3c(c2)C(c2c[nH]c4c(-c5cccs5)ccc[nH]c=4[nH]2)=NCN3)c1)C1CCC1. The Morgan fingerprint density at radius 2 is 1.95 bits per heavy atom. The van der Waals surface area contributed by atoms with Crippen molar-refractivity contribution in [1.82, 2.24) is 19.9 Å². The Morgan fingerprint density at radius 3 is 2.79 bits per heavy atom. The highest BCUT2D eigenvalue weighted by atomic mass is 32.1. The second-order valence-electron chi connectivity index (χ2n) is 9.82. The summed E-state index contributed by atoms with van der Waals surface area (Å²) < 4.78 is 0. The Balaban J connectivity index is 1.26. The summed E-state index contributed by atoms with van der Waals surface area (Å²) in [5.74, 6) is 0.206. The number of pyridine rings is 1. The first-order valence-corrected chi connectivity index (χ1v) is 14.0. The third kappa shape index (κ3) is 4.51. The molecule has 0 unspecified atom stereocenters. The topological polar surface area (TPSA) is 114 Å².